The minimum Gasteiger partial charge on any atom is -0.339 e. The van der Waals surface area contributed by atoms with Crippen molar-refractivity contribution in [3.63, 3.8) is 0 Å². The molecule has 0 aromatic carbocycles. The lowest BCUT2D eigenvalue weighted by Crippen LogP contribution is -2.21. The maximum absolute atomic E-state index is 10.7. The molecule has 13 heavy (non-hydrogen) atoms. The molecule has 0 spiro atoms. The molecule has 2 fully saturated rings. The molecule has 2 aliphatic carbocycles. The number of carbonyl (C=O) groups excluding carboxylic acids is 1. The molecule has 1 aromatic rings. The van der Waals surface area contributed by atoms with Crippen LogP contribution in [0.3, 0.4) is 0 Å². The summed E-state index contributed by atoms with van der Waals surface area (Å²) < 4.78 is 5.10. The Bertz CT molecular complexity index is 346. The number of rotatable bonds is 2. The Morgan fingerprint density at radius 1 is 1.23 bits per heavy atom. The van der Waals surface area contributed by atoms with Crippen LogP contribution >= 0.6 is 0 Å². The van der Waals surface area contributed by atoms with E-state index in [0.29, 0.717) is 30.4 Å². The lowest BCUT2D eigenvalue weighted by molar-refractivity contribution is -0.125. The van der Waals surface area contributed by atoms with E-state index in [4.69, 9.17) is 4.52 Å². The molecule has 1 aromatic heterocycles. The molecule has 2 saturated carbocycles. The summed E-state index contributed by atoms with van der Waals surface area (Å²) in [5.41, 5.74) is 0. The van der Waals surface area contributed by atoms with Crippen LogP contribution in [-0.2, 0) is 4.79 Å². The molecule has 4 nitrogen and oxygen atoms in total. The van der Waals surface area contributed by atoms with Crippen molar-refractivity contribution in [1.82, 2.24) is 10.1 Å². The summed E-state index contributed by atoms with van der Waals surface area (Å²) in [5, 5.41) is 3.91. The van der Waals surface area contributed by atoms with E-state index in [-0.39, 0.29) is 5.92 Å². The lowest BCUT2D eigenvalue weighted by atomic mass is 9.84. The van der Waals surface area contributed by atoms with Crippen LogP contribution in [0.2, 0.25) is 0 Å². The largest absolute Gasteiger partial charge is 0.339 e. The highest BCUT2D eigenvalue weighted by Crippen LogP contribution is 2.40. The van der Waals surface area contributed by atoms with E-state index < -0.39 is 0 Å². The second kappa shape index (κ2) is 2.40. The summed E-state index contributed by atoms with van der Waals surface area (Å²) in [5.74, 6) is 2.56. The Kier molecular flexibility index (Phi) is 1.34. The average molecular weight is 178 g/mol. The van der Waals surface area contributed by atoms with Gasteiger partial charge in [-0.15, -0.1) is 0 Å². The Balaban J connectivity index is 1.77. The number of ketones is 1. The minimum atomic E-state index is 0.215. The van der Waals surface area contributed by atoms with Gasteiger partial charge in [-0.1, -0.05) is 5.16 Å². The molecule has 0 N–H and O–H groups in total. The number of aromatic nitrogens is 2. The number of carbonyl (C=O) groups is 1. The van der Waals surface area contributed by atoms with E-state index in [0.717, 1.165) is 5.82 Å². The van der Waals surface area contributed by atoms with Gasteiger partial charge in [-0.2, -0.15) is 4.98 Å². The summed E-state index contributed by atoms with van der Waals surface area (Å²) in [6.07, 6.45) is 3.55. The van der Waals surface area contributed by atoms with Gasteiger partial charge < -0.3 is 4.52 Å². The van der Waals surface area contributed by atoms with Gasteiger partial charge in [0, 0.05) is 18.8 Å². The molecule has 0 saturated heterocycles. The first-order valence-electron chi connectivity index (χ1n) is 4.68. The smallest absolute Gasteiger partial charge is 0.230 e. The molecule has 1 heterocycles. The van der Waals surface area contributed by atoms with Crippen LogP contribution in [-0.4, -0.2) is 15.9 Å². The molecule has 68 valence electrons. The molecule has 0 unspecified atom stereocenters. The minimum absolute atomic E-state index is 0.215. The van der Waals surface area contributed by atoms with Gasteiger partial charge in [0.15, 0.2) is 5.82 Å². The third-order valence-corrected chi connectivity index (χ3v) is 2.70. The van der Waals surface area contributed by atoms with Crippen LogP contribution < -0.4 is 0 Å². The molecule has 0 aliphatic heterocycles. The highest BCUT2D eigenvalue weighted by Gasteiger charge is 2.35. The molecule has 2 aliphatic rings. The van der Waals surface area contributed by atoms with Gasteiger partial charge in [0.05, 0.1) is 5.92 Å². The van der Waals surface area contributed by atoms with Crippen LogP contribution in [0.4, 0.5) is 0 Å². The SMILES string of the molecule is O=C1CC(c2nc(C3CC3)no2)C1. The Morgan fingerprint density at radius 3 is 2.62 bits per heavy atom. The van der Waals surface area contributed by atoms with Crippen molar-refractivity contribution >= 4 is 5.78 Å². The maximum Gasteiger partial charge on any atom is 0.230 e. The van der Waals surface area contributed by atoms with Gasteiger partial charge in [-0.05, 0) is 12.8 Å². The zero-order valence-electron chi connectivity index (χ0n) is 7.19. The molecular weight excluding hydrogens is 168 g/mol. The van der Waals surface area contributed by atoms with Gasteiger partial charge in [0.1, 0.15) is 5.78 Å². The molecule has 3 rings (SSSR count). The predicted octanol–water partition coefficient (Wildman–Crippen LogP) is 1.39. The van der Waals surface area contributed by atoms with Crippen LogP contribution in [0.5, 0.6) is 0 Å². The molecular formula is C9H10N2O2. The highest BCUT2D eigenvalue weighted by atomic mass is 16.5. The zero-order chi connectivity index (χ0) is 8.84. The fourth-order valence-corrected chi connectivity index (χ4v) is 1.58. The predicted molar refractivity (Wildman–Crippen MR) is 43.3 cm³/mol. The number of nitrogens with zero attached hydrogens (tertiary/aromatic N) is 2. The van der Waals surface area contributed by atoms with E-state index in [1.54, 1.807) is 0 Å². The lowest BCUT2D eigenvalue weighted by Gasteiger charge is -2.19. The first-order valence-corrected chi connectivity index (χ1v) is 4.68. The van der Waals surface area contributed by atoms with E-state index in [2.05, 4.69) is 10.1 Å². The van der Waals surface area contributed by atoms with Crippen molar-refractivity contribution in [3.05, 3.63) is 11.7 Å². The van der Waals surface area contributed by atoms with E-state index in [1.165, 1.54) is 12.8 Å². The van der Waals surface area contributed by atoms with Crippen molar-refractivity contribution in [3.8, 4) is 0 Å². The molecule has 0 atom stereocenters. The van der Waals surface area contributed by atoms with Crippen LogP contribution in [0, 0.1) is 0 Å². The van der Waals surface area contributed by atoms with Crippen LogP contribution in [0.15, 0.2) is 4.52 Å². The fraction of sp³-hybridized carbons (Fsp3) is 0.667. The third kappa shape index (κ3) is 1.17. The summed E-state index contributed by atoms with van der Waals surface area (Å²) in [7, 11) is 0. The van der Waals surface area contributed by atoms with Gasteiger partial charge in [0.2, 0.25) is 5.89 Å². The monoisotopic (exact) mass is 178 g/mol. The van der Waals surface area contributed by atoms with Crippen molar-refractivity contribution in [1.29, 1.82) is 0 Å². The Morgan fingerprint density at radius 2 is 2.00 bits per heavy atom. The number of hydrogen-bond acceptors (Lipinski definition) is 4. The van der Waals surface area contributed by atoms with E-state index >= 15 is 0 Å². The second-order valence-electron chi connectivity index (χ2n) is 3.91. The normalized spacial score (nSPS) is 23.2. The first kappa shape index (κ1) is 7.24. The van der Waals surface area contributed by atoms with Crippen molar-refractivity contribution in [2.45, 2.75) is 37.5 Å². The van der Waals surface area contributed by atoms with Crippen molar-refractivity contribution < 1.29 is 9.32 Å². The number of Topliss-reactive ketones (excluding diaryl/α,β-unsaturated/α-hetero) is 1. The third-order valence-electron chi connectivity index (χ3n) is 2.70. The van der Waals surface area contributed by atoms with Gasteiger partial charge in [0.25, 0.3) is 0 Å². The molecule has 0 radical (unpaired) electrons. The average Bonchev–Trinajstić information content (AvgIpc) is 2.80. The summed E-state index contributed by atoms with van der Waals surface area (Å²) in [4.78, 5) is 15.0. The van der Waals surface area contributed by atoms with Crippen molar-refractivity contribution in [2.24, 2.45) is 0 Å². The molecule has 4 heteroatoms. The Hall–Kier alpha value is -1.19. The van der Waals surface area contributed by atoms with Gasteiger partial charge in [-0.25, -0.2) is 0 Å². The second-order valence-corrected chi connectivity index (χ2v) is 3.91. The maximum atomic E-state index is 10.7. The van der Waals surface area contributed by atoms with Crippen LogP contribution in [0.25, 0.3) is 0 Å². The van der Waals surface area contributed by atoms with E-state index in [1.807, 2.05) is 0 Å². The highest BCUT2D eigenvalue weighted by molar-refractivity contribution is 5.85. The quantitative estimate of drug-likeness (QED) is 0.686. The van der Waals surface area contributed by atoms with E-state index in [9.17, 15) is 4.79 Å². The summed E-state index contributed by atoms with van der Waals surface area (Å²) in [6.45, 7) is 0. The summed E-state index contributed by atoms with van der Waals surface area (Å²) >= 11 is 0. The first-order chi connectivity index (χ1) is 6.33. The molecule has 0 bridgehead atoms. The summed E-state index contributed by atoms with van der Waals surface area (Å²) in [6, 6.07) is 0. The van der Waals surface area contributed by atoms with Crippen LogP contribution in [0.1, 0.15) is 49.2 Å². The van der Waals surface area contributed by atoms with Gasteiger partial charge in [-0.3, -0.25) is 4.79 Å². The zero-order valence-corrected chi connectivity index (χ0v) is 7.19. The standard InChI is InChI=1S/C9H10N2O2/c12-7-3-6(4-7)9-10-8(11-13-9)5-1-2-5/h5-6H,1-4H2. The fourth-order valence-electron chi connectivity index (χ4n) is 1.58. The topological polar surface area (TPSA) is 56.0 Å². The Labute approximate surface area is 75.3 Å². The van der Waals surface area contributed by atoms with Crippen molar-refractivity contribution in [2.75, 3.05) is 0 Å². The van der Waals surface area contributed by atoms with Gasteiger partial charge >= 0.3 is 0 Å². The number of hydrogen-bond donors (Lipinski definition) is 0. The molecule has 0 amide bonds.